The van der Waals surface area contributed by atoms with Crippen molar-refractivity contribution in [2.24, 2.45) is 5.92 Å². The van der Waals surface area contributed by atoms with E-state index in [0.29, 0.717) is 0 Å². The Labute approximate surface area is 72.5 Å². The van der Waals surface area contributed by atoms with Gasteiger partial charge in [-0.25, -0.2) is 0 Å². The molecule has 0 aliphatic heterocycles. The van der Waals surface area contributed by atoms with Gasteiger partial charge in [0, 0.05) is 5.33 Å². The summed E-state index contributed by atoms with van der Waals surface area (Å²) in [6.45, 7) is 0. The molecule has 1 aliphatic carbocycles. The smallest absolute Gasteiger partial charge is 0.00314 e. The van der Waals surface area contributed by atoms with Crippen LogP contribution in [0.3, 0.4) is 0 Å². The molecule has 1 fully saturated rings. The molecule has 1 saturated carbocycles. The van der Waals surface area contributed by atoms with E-state index in [1.807, 2.05) is 0 Å². The van der Waals surface area contributed by atoms with Crippen molar-refractivity contribution in [3.8, 4) is 0 Å². The normalized spacial score (nSPS) is 21.3. The minimum atomic E-state index is 1.08. The predicted octanol–water partition coefficient (Wildman–Crippen LogP) is 3.74. The predicted molar refractivity (Wildman–Crippen MR) is 49.6 cm³/mol. The molecule has 0 N–H and O–H groups in total. The highest BCUT2D eigenvalue weighted by Gasteiger charge is 2.11. The van der Waals surface area contributed by atoms with Gasteiger partial charge in [0.2, 0.25) is 0 Å². The Balaban J connectivity index is 2.02. The summed E-state index contributed by atoms with van der Waals surface area (Å²) in [7, 11) is 0. The molecule has 0 amide bonds. The van der Waals surface area contributed by atoms with Crippen LogP contribution in [0.15, 0.2) is 0 Å². The number of rotatable bonds is 3. The fourth-order valence-corrected chi connectivity index (χ4v) is 2.17. The Morgan fingerprint density at radius 1 is 1.10 bits per heavy atom. The largest absolute Gasteiger partial charge is 0.0928 e. The van der Waals surface area contributed by atoms with Crippen LogP contribution in [0.5, 0.6) is 0 Å². The molecule has 0 nitrogen and oxygen atoms in total. The maximum atomic E-state index is 3.48. The van der Waals surface area contributed by atoms with Crippen molar-refractivity contribution in [3.05, 3.63) is 0 Å². The maximum absolute atomic E-state index is 3.48. The molecule has 0 unspecified atom stereocenters. The summed E-state index contributed by atoms with van der Waals surface area (Å²) in [5.41, 5.74) is 0. The molecule has 60 valence electrons. The summed E-state index contributed by atoms with van der Waals surface area (Å²) >= 11 is 3.48. The van der Waals surface area contributed by atoms with Crippen molar-refractivity contribution >= 4 is 15.9 Å². The van der Waals surface area contributed by atoms with Crippen molar-refractivity contribution in [1.29, 1.82) is 0 Å². The molecule has 0 bridgehead atoms. The standard InChI is InChI=1S/C9H17Br/c10-8-4-7-9-5-2-1-3-6-9/h9H,1-8H2. The zero-order chi connectivity index (χ0) is 7.23. The van der Waals surface area contributed by atoms with E-state index in [1.165, 1.54) is 50.3 Å². The topological polar surface area (TPSA) is 0 Å². The van der Waals surface area contributed by atoms with E-state index in [1.54, 1.807) is 0 Å². The van der Waals surface area contributed by atoms with Gasteiger partial charge < -0.3 is 0 Å². The van der Waals surface area contributed by atoms with Gasteiger partial charge in [-0.2, -0.15) is 0 Å². The Bertz CT molecular complexity index is 74.8. The number of hydrogen-bond donors (Lipinski definition) is 0. The third kappa shape index (κ3) is 3.05. The van der Waals surface area contributed by atoms with Crippen LogP contribution in [0.4, 0.5) is 0 Å². The summed E-state index contributed by atoms with van der Waals surface area (Å²) in [6.07, 6.45) is 10.3. The van der Waals surface area contributed by atoms with E-state index >= 15 is 0 Å². The lowest BCUT2D eigenvalue weighted by Gasteiger charge is -2.20. The van der Waals surface area contributed by atoms with E-state index in [0.717, 1.165) is 5.92 Å². The van der Waals surface area contributed by atoms with Crippen LogP contribution >= 0.6 is 15.9 Å². The average molecular weight is 205 g/mol. The first-order valence-corrected chi connectivity index (χ1v) is 5.61. The molecule has 1 rings (SSSR count). The van der Waals surface area contributed by atoms with Crippen molar-refractivity contribution in [2.75, 3.05) is 5.33 Å². The highest BCUT2D eigenvalue weighted by atomic mass is 79.9. The molecule has 0 aromatic heterocycles. The molecule has 0 heterocycles. The van der Waals surface area contributed by atoms with Gasteiger partial charge in [0.15, 0.2) is 0 Å². The molecule has 0 aromatic rings. The number of halogens is 1. The van der Waals surface area contributed by atoms with Crippen molar-refractivity contribution in [1.82, 2.24) is 0 Å². The Morgan fingerprint density at radius 3 is 2.40 bits per heavy atom. The maximum Gasteiger partial charge on any atom is 0.00314 e. The van der Waals surface area contributed by atoms with Crippen molar-refractivity contribution in [2.45, 2.75) is 44.9 Å². The lowest BCUT2D eigenvalue weighted by Crippen LogP contribution is -2.05. The molecule has 1 heteroatoms. The Morgan fingerprint density at radius 2 is 1.80 bits per heavy atom. The summed E-state index contributed by atoms with van der Waals surface area (Å²) in [4.78, 5) is 0. The lowest BCUT2D eigenvalue weighted by molar-refractivity contribution is 0.337. The van der Waals surface area contributed by atoms with Crippen LogP contribution in [-0.4, -0.2) is 5.33 Å². The summed E-state index contributed by atoms with van der Waals surface area (Å²) in [5, 5.41) is 1.20. The van der Waals surface area contributed by atoms with Gasteiger partial charge in [-0.1, -0.05) is 48.0 Å². The third-order valence-corrected chi connectivity index (χ3v) is 3.03. The SMILES string of the molecule is BrCCCC1CCCCC1. The van der Waals surface area contributed by atoms with Crippen LogP contribution in [0.2, 0.25) is 0 Å². The summed E-state index contributed by atoms with van der Waals surface area (Å²) < 4.78 is 0. The second-order valence-electron chi connectivity index (χ2n) is 3.34. The third-order valence-electron chi connectivity index (χ3n) is 2.47. The fraction of sp³-hybridized carbons (Fsp3) is 1.00. The lowest BCUT2D eigenvalue weighted by atomic mass is 9.86. The first-order chi connectivity index (χ1) is 4.93. The van der Waals surface area contributed by atoms with Gasteiger partial charge in [-0.05, 0) is 18.8 Å². The van der Waals surface area contributed by atoms with E-state index in [2.05, 4.69) is 15.9 Å². The average Bonchev–Trinajstić information content (AvgIpc) is 2.03. The highest BCUT2D eigenvalue weighted by Crippen LogP contribution is 2.27. The Kier molecular flexibility index (Phi) is 4.44. The molecule has 0 aromatic carbocycles. The van der Waals surface area contributed by atoms with Crippen LogP contribution in [0.25, 0.3) is 0 Å². The minimum Gasteiger partial charge on any atom is -0.0928 e. The molecule has 0 radical (unpaired) electrons. The van der Waals surface area contributed by atoms with Gasteiger partial charge in [-0.3, -0.25) is 0 Å². The van der Waals surface area contributed by atoms with Crippen molar-refractivity contribution in [3.63, 3.8) is 0 Å². The Hall–Kier alpha value is 0.480. The van der Waals surface area contributed by atoms with Crippen LogP contribution in [0.1, 0.15) is 44.9 Å². The van der Waals surface area contributed by atoms with Gasteiger partial charge in [0.1, 0.15) is 0 Å². The number of alkyl halides is 1. The minimum absolute atomic E-state index is 1.08. The van der Waals surface area contributed by atoms with E-state index in [4.69, 9.17) is 0 Å². The molecular formula is C9H17Br. The molecule has 10 heavy (non-hydrogen) atoms. The van der Waals surface area contributed by atoms with Crippen LogP contribution < -0.4 is 0 Å². The second kappa shape index (κ2) is 5.17. The molecule has 1 aliphatic rings. The van der Waals surface area contributed by atoms with Crippen LogP contribution in [0, 0.1) is 5.92 Å². The monoisotopic (exact) mass is 204 g/mol. The van der Waals surface area contributed by atoms with E-state index in [-0.39, 0.29) is 0 Å². The molecule has 0 atom stereocenters. The molecule has 0 saturated heterocycles. The zero-order valence-corrected chi connectivity index (χ0v) is 8.20. The summed E-state index contributed by atoms with van der Waals surface area (Å²) in [6, 6.07) is 0. The number of hydrogen-bond acceptors (Lipinski definition) is 0. The second-order valence-corrected chi connectivity index (χ2v) is 4.13. The summed E-state index contributed by atoms with van der Waals surface area (Å²) in [5.74, 6) is 1.08. The zero-order valence-electron chi connectivity index (χ0n) is 6.61. The van der Waals surface area contributed by atoms with Gasteiger partial charge in [0.25, 0.3) is 0 Å². The molecular weight excluding hydrogens is 188 g/mol. The van der Waals surface area contributed by atoms with E-state index in [9.17, 15) is 0 Å². The fourth-order valence-electron chi connectivity index (χ4n) is 1.84. The molecule has 0 spiro atoms. The highest BCUT2D eigenvalue weighted by molar-refractivity contribution is 9.09. The van der Waals surface area contributed by atoms with Crippen molar-refractivity contribution < 1.29 is 0 Å². The quantitative estimate of drug-likeness (QED) is 0.615. The van der Waals surface area contributed by atoms with E-state index < -0.39 is 0 Å². The first-order valence-electron chi connectivity index (χ1n) is 4.49. The van der Waals surface area contributed by atoms with Gasteiger partial charge >= 0.3 is 0 Å². The van der Waals surface area contributed by atoms with Gasteiger partial charge in [0.05, 0.1) is 0 Å². The van der Waals surface area contributed by atoms with Gasteiger partial charge in [-0.15, -0.1) is 0 Å². The van der Waals surface area contributed by atoms with Crippen LogP contribution in [-0.2, 0) is 0 Å². The first kappa shape index (κ1) is 8.58.